The van der Waals surface area contributed by atoms with Crippen molar-refractivity contribution in [3.8, 4) is 0 Å². The summed E-state index contributed by atoms with van der Waals surface area (Å²) in [6.07, 6.45) is 7.22. The number of nitrogens with zero attached hydrogens (tertiary/aromatic N) is 1. The molecule has 0 bridgehead atoms. The van der Waals surface area contributed by atoms with E-state index in [4.69, 9.17) is 0 Å². The zero-order chi connectivity index (χ0) is 10.2. The first-order valence-corrected chi connectivity index (χ1v) is 5.94. The SMILES string of the molecule is C=CCC(CCCC)N1CCNCC1. The number of piperazine rings is 1. The second-order valence-electron chi connectivity index (χ2n) is 4.11. The highest BCUT2D eigenvalue weighted by Crippen LogP contribution is 2.13. The van der Waals surface area contributed by atoms with Crippen LogP contribution in [-0.4, -0.2) is 37.1 Å². The van der Waals surface area contributed by atoms with Gasteiger partial charge in [-0.1, -0.05) is 25.8 Å². The second-order valence-corrected chi connectivity index (χ2v) is 4.11. The molecule has 0 aromatic heterocycles. The van der Waals surface area contributed by atoms with E-state index in [-0.39, 0.29) is 0 Å². The van der Waals surface area contributed by atoms with E-state index in [0.29, 0.717) is 0 Å². The lowest BCUT2D eigenvalue weighted by atomic mass is 10.0. The summed E-state index contributed by atoms with van der Waals surface area (Å²) in [5.74, 6) is 0. The predicted octanol–water partition coefficient (Wildman–Crippen LogP) is 2.03. The zero-order valence-corrected chi connectivity index (χ0v) is 9.47. The molecule has 1 saturated heterocycles. The molecule has 2 heteroatoms. The molecule has 0 aromatic rings. The average molecular weight is 196 g/mol. The molecule has 2 nitrogen and oxygen atoms in total. The van der Waals surface area contributed by atoms with E-state index in [1.165, 1.54) is 32.4 Å². The number of hydrogen-bond donors (Lipinski definition) is 1. The molecule has 0 radical (unpaired) electrons. The highest BCUT2D eigenvalue weighted by Gasteiger charge is 2.18. The van der Waals surface area contributed by atoms with Crippen LogP contribution >= 0.6 is 0 Å². The van der Waals surface area contributed by atoms with Crippen molar-refractivity contribution in [1.29, 1.82) is 0 Å². The molecule has 0 aliphatic carbocycles. The fourth-order valence-corrected chi connectivity index (χ4v) is 2.13. The maximum Gasteiger partial charge on any atom is 0.0131 e. The van der Waals surface area contributed by atoms with E-state index in [2.05, 4.69) is 29.8 Å². The van der Waals surface area contributed by atoms with E-state index >= 15 is 0 Å². The third kappa shape index (κ3) is 3.81. The summed E-state index contributed by atoms with van der Waals surface area (Å²) in [5, 5.41) is 3.40. The average Bonchev–Trinajstić information content (AvgIpc) is 2.25. The zero-order valence-electron chi connectivity index (χ0n) is 9.47. The van der Waals surface area contributed by atoms with Crippen molar-refractivity contribution in [1.82, 2.24) is 10.2 Å². The summed E-state index contributed by atoms with van der Waals surface area (Å²) in [7, 11) is 0. The number of hydrogen-bond acceptors (Lipinski definition) is 2. The lowest BCUT2D eigenvalue weighted by Crippen LogP contribution is -2.48. The van der Waals surface area contributed by atoms with Crippen molar-refractivity contribution in [3.63, 3.8) is 0 Å². The van der Waals surface area contributed by atoms with Gasteiger partial charge in [-0.05, 0) is 12.8 Å². The Balaban J connectivity index is 2.34. The molecule has 1 N–H and O–H groups in total. The van der Waals surface area contributed by atoms with Gasteiger partial charge in [0.15, 0.2) is 0 Å². The molecule has 0 aromatic carbocycles. The lowest BCUT2D eigenvalue weighted by molar-refractivity contribution is 0.163. The van der Waals surface area contributed by atoms with E-state index in [1.54, 1.807) is 0 Å². The van der Waals surface area contributed by atoms with Gasteiger partial charge in [-0.2, -0.15) is 0 Å². The molecule has 0 spiro atoms. The lowest BCUT2D eigenvalue weighted by Gasteiger charge is -2.34. The van der Waals surface area contributed by atoms with Gasteiger partial charge < -0.3 is 5.32 Å². The topological polar surface area (TPSA) is 15.3 Å². The molecule has 82 valence electrons. The van der Waals surface area contributed by atoms with Crippen LogP contribution in [0, 0.1) is 0 Å². The van der Waals surface area contributed by atoms with Crippen LogP contribution in [0.5, 0.6) is 0 Å². The standard InChI is InChI=1S/C12H24N2/c1-3-5-7-12(6-4-2)14-10-8-13-9-11-14/h4,12-13H,2-3,5-11H2,1H3. The summed E-state index contributed by atoms with van der Waals surface area (Å²) >= 11 is 0. The van der Waals surface area contributed by atoms with E-state index in [9.17, 15) is 0 Å². The van der Waals surface area contributed by atoms with Crippen LogP contribution in [0.2, 0.25) is 0 Å². The van der Waals surface area contributed by atoms with Crippen molar-refractivity contribution in [2.45, 2.75) is 38.6 Å². The first-order valence-electron chi connectivity index (χ1n) is 5.94. The van der Waals surface area contributed by atoms with Crippen LogP contribution in [0.15, 0.2) is 12.7 Å². The molecule has 1 aliphatic heterocycles. The Hall–Kier alpha value is -0.340. The minimum atomic E-state index is 0.745. The van der Waals surface area contributed by atoms with Crippen molar-refractivity contribution in [2.24, 2.45) is 0 Å². The molecule has 1 unspecified atom stereocenters. The van der Waals surface area contributed by atoms with E-state index < -0.39 is 0 Å². The molecule has 1 atom stereocenters. The van der Waals surface area contributed by atoms with Gasteiger partial charge in [-0.3, -0.25) is 4.90 Å². The number of rotatable bonds is 6. The Morgan fingerprint density at radius 3 is 2.71 bits per heavy atom. The summed E-state index contributed by atoms with van der Waals surface area (Å²) in [6, 6.07) is 0.745. The number of unbranched alkanes of at least 4 members (excludes halogenated alkanes) is 1. The third-order valence-corrected chi connectivity index (χ3v) is 3.00. The highest BCUT2D eigenvalue weighted by molar-refractivity contribution is 4.82. The molecule has 14 heavy (non-hydrogen) atoms. The molecule has 0 saturated carbocycles. The molecule has 1 fully saturated rings. The van der Waals surface area contributed by atoms with Crippen molar-refractivity contribution >= 4 is 0 Å². The van der Waals surface area contributed by atoms with Crippen LogP contribution in [0.3, 0.4) is 0 Å². The molecular formula is C12H24N2. The summed E-state index contributed by atoms with van der Waals surface area (Å²) in [5.41, 5.74) is 0. The van der Waals surface area contributed by atoms with Crippen LogP contribution in [0.1, 0.15) is 32.6 Å². The summed E-state index contributed by atoms with van der Waals surface area (Å²) in [4.78, 5) is 2.62. The normalized spacial score (nSPS) is 20.6. The predicted molar refractivity (Wildman–Crippen MR) is 62.6 cm³/mol. The van der Waals surface area contributed by atoms with Crippen molar-refractivity contribution in [2.75, 3.05) is 26.2 Å². The summed E-state index contributed by atoms with van der Waals surface area (Å²) < 4.78 is 0. The fourth-order valence-electron chi connectivity index (χ4n) is 2.13. The Kier molecular flexibility index (Phi) is 5.88. The third-order valence-electron chi connectivity index (χ3n) is 3.00. The fraction of sp³-hybridized carbons (Fsp3) is 0.833. The Morgan fingerprint density at radius 1 is 1.43 bits per heavy atom. The monoisotopic (exact) mass is 196 g/mol. The van der Waals surface area contributed by atoms with Gasteiger partial charge >= 0.3 is 0 Å². The Labute approximate surface area is 88.4 Å². The minimum Gasteiger partial charge on any atom is -0.314 e. The summed E-state index contributed by atoms with van der Waals surface area (Å²) in [6.45, 7) is 10.9. The van der Waals surface area contributed by atoms with Crippen LogP contribution in [-0.2, 0) is 0 Å². The van der Waals surface area contributed by atoms with Gasteiger partial charge in [0.2, 0.25) is 0 Å². The number of nitrogens with one attached hydrogen (secondary N) is 1. The molecule has 1 heterocycles. The van der Waals surface area contributed by atoms with Gasteiger partial charge in [0.1, 0.15) is 0 Å². The van der Waals surface area contributed by atoms with Gasteiger partial charge in [-0.25, -0.2) is 0 Å². The van der Waals surface area contributed by atoms with Crippen LogP contribution in [0.4, 0.5) is 0 Å². The maximum atomic E-state index is 3.86. The first kappa shape index (κ1) is 11.7. The quantitative estimate of drug-likeness (QED) is 0.654. The second kappa shape index (κ2) is 7.02. The molecule has 1 aliphatic rings. The molecular weight excluding hydrogens is 172 g/mol. The van der Waals surface area contributed by atoms with Gasteiger partial charge in [0.25, 0.3) is 0 Å². The van der Waals surface area contributed by atoms with E-state index in [1.807, 2.05) is 0 Å². The van der Waals surface area contributed by atoms with Gasteiger partial charge in [0.05, 0.1) is 0 Å². The molecule has 1 rings (SSSR count). The largest absolute Gasteiger partial charge is 0.314 e. The Morgan fingerprint density at radius 2 is 2.14 bits per heavy atom. The van der Waals surface area contributed by atoms with Crippen LogP contribution in [0.25, 0.3) is 0 Å². The Bertz CT molecular complexity index is 150. The van der Waals surface area contributed by atoms with Crippen molar-refractivity contribution < 1.29 is 0 Å². The first-order chi connectivity index (χ1) is 6.88. The van der Waals surface area contributed by atoms with Gasteiger partial charge in [0, 0.05) is 32.2 Å². The van der Waals surface area contributed by atoms with Gasteiger partial charge in [-0.15, -0.1) is 6.58 Å². The molecule has 0 amide bonds. The minimum absolute atomic E-state index is 0.745. The highest BCUT2D eigenvalue weighted by atomic mass is 15.2. The van der Waals surface area contributed by atoms with Crippen LogP contribution < -0.4 is 5.32 Å². The maximum absolute atomic E-state index is 3.86. The van der Waals surface area contributed by atoms with E-state index in [0.717, 1.165) is 25.6 Å². The smallest absolute Gasteiger partial charge is 0.0131 e. The van der Waals surface area contributed by atoms with Crippen molar-refractivity contribution in [3.05, 3.63) is 12.7 Å².